The molecule has 0 radical (unpaired) electrons. The van der Waals surface area contributed by atoms with Crippen molar-refractivity contribution in [2.45, 2.75) is 12.5 Å². The van der Waals surface area contributed by atoms with Crippen molar-refractivity contribution >= 4 is 29.2 Å². The van der Waals surface area contributed by atoms with Crippen LogP contribution in [0.1, 0.15) is 5.56 Å². The van der Waals surface area contributed by atoms with Crippen LogP contribution in [0.15, 0.2) is 18.2 Å². The molecule has 1 atom stereocenters. The molecule has 0 saturated heterocycles. The van der Waals surface area contributed by atoms with E-state index in [2.05, 4.69) is 5.32 Å². The van der Waals surface area contributed by atoms with Crippen molar-refractivity contribution < 1.29 is 19.5 Å². The molecule has 0 fully saturated rings. The number of nitrogens with two attached hydrogens (primary N) is 1. The van der Waals surface area contributed by atoms with Crippen molar-refractivity contribution in [1.82, 2.24) is 0 Å². The lowest BCUT2D eigenvalue weighted by atomic mass is 10.1. The van der Waals surface area contributed by atoms with Crippen LogP contribution in [-0.4, -0.2) is 36.0 Å². The Labute approximate surface area is 109 Å². The summed E-state index contributed by atoms with van der Waals surface area (Å²) < 4.78 is 0. The number of amides is 2. The molecule has 1 aromatic carbocycles. The van der Waals surface area contributed by atoms with Crippen LogP contribution < -0.4 is 16.0 Å². The first-order chi connectivity index (χ1) is 8.90. The highest BCUT2D eigenvalue weighted by Gasteiger charge is 2.25. The van der Waals surface area contributed by atoms with Gasteiger partial charge in [-0.3, -0.25) is 9.59 Å². The molecule has 4 N–H and O–H groups in total. The van der Waals surface area contributed by atoms with E-state index in [4.69, 9.17) is 10.8 Å². The van der Waals surface area contributed by atoms with E-state index in [1.165, 1.54) is 4.90 Å². The van der Waals surface area contributed by atoms with Gasteiger partial charge in [-0.1, -0.05) is 0 Å². The second-order valence-electron chi connectivity index (χ2n) is 4.28. The zero-order chi connectivity index (χ0) is 14.2. The molecule has 1 heterocycles. The standard InChI is InChI=1S/C12H13N3O4/c1-15-8-3-2-7(4-6(8)5-9(15)16)14-11(17)10(13)12(18)19/h2-4,10H,5,13H2,1H3,(H,14,17)(H,18,19). The Morgan fingerprint density at radius 1 is 1.47 bits per heavy atom. The van der Waals surface area contributed by atoms with E-state index in [9.17, 15) is 14.4 Å². The number of hydrogen-bond donors (Lipinski definition) is 3. The molecule has 1 aliphatic rings. The van der Waals surface area contributed by atoms with Crippen LogP contribution in [0.2, 0.25) is 0 Å². The highest BCUT2D eigenvalue weighted by Crippen LogP contribution is 2.29. The van der Waals surface area contributed by atoms with Crippen LogP contribution in [-0.2, 0) is 20.8 Å². The summed E-state index contributed by atoms with van der Waals surface area (Å²) in [4.78, 5) is 35.1. The molecule has 1 aromatic rings. The number of anilines is 2. The van der Waals surface area contributed by atoms with Gasteiger partial charge in [0.1, 0.15) is 0 Å². The highest BCUT2D eigenvalue weighted by molar-refractivity contribution is 6.08. The Morgan fingerprint density at radius 3 is 2.79 bits per heavy atom. The second kappa shape index (κ2) is 4.69. The van der Waals surface area contributed by atoms with Gasteiger partial charge in [0.05, 0.1) is 6.42 Å². The van der Waals surface area contributed by atoms with Gasteiger partial charge in [0.25, 0.3) is 5.91 Å². The summed E-state index contributed by atoms with van der Waals surface area (Å²) in [7, 11) is 1.67. The fraction of sp³-hybridized carbons (Fsp3) is 0.250. The summed E-state index contributed by atoms with van der Waals surface area (Å²) in [6.07, 6.45) is 0.264. The molecular weight excluding hydrogens is 250 g/mol. The molecule has 2 amide bonds. The monoisotopic (exact) mass is 263 g/mol. The van der Waals surface area contributed by atoms with Crippen LogP contribution >= 0.6 is 0 Å². The SMILES string of the molecule is CN1C(=O)Cc2cc(NC(=O)C(N)C(=O)O)ccc21. The average molecular weight is 263 g/mol. The van der Waals surface area contributed by atoms with Gasteiger partial charge in [-0.05, 0) is 23.8 Å². The van der Waals surface area contributed by atoms with E-state index in [0.717, 1.165) is 11.3 Å². The molecule has 0 spiro atoms. The first-order valence-corrected chi connectivity index (χ1v) is 5.59. The Hall–Kier alpha value is -2.41. The van der Waals surface area contributed by atoms with Gasteiger partial charge in [0.15, 0.2) is 6.04 Å². The third-order valence-electron chi connectivity index (χ3n) is 2.97. The van der Waals surface area contributed by atoms with Crippen LogP contribution in [0.25, 0.3) is 0 Å². The van der Waals surface area contributed by atoms with Gasteiger partial charge in [-0.2, -0.15) is 0 Å². The fourth-order valence-corrected chi connectivity index (χ4v) is 1.88. The summed E-state index contributed by atoms with van der Waals surface area (Å²) in [5.41, 5.74) is 7.18. The number of likely N-dealkylation sites (N-methyl/N-ethyl adjacent to an activating group) is 1. The van der Waals surface area contributed by atoms with E-state index >= 15 is 0 Å². The van der Waals surface area contributed by atoms with E-state index < -0.39 is 17.9 Å². The van der Waals surface area contributed by atoms with Gasteiger partial charge in [-0.15, -0.1) is 0 Å². The molecule has 1 aliphatic heterocycles. The number of aliphatic carboxylic acids is 1. The Morgan fingerprint density at radius 2 is 2.16 bits per heavy atom. The van der Waals surface area contributed by atoms with Gasteiger partial charge in [-0.25, -0.2) is 4.79 Å². The minimum absolute atomic E-state index is 0.0271. The molecule has 7 heteroatoms. The van der Waals surface area contributed by atoms with Crippen LogP contribution in [0.5, 0.6) is 0 Å². The van der Waals surface area contributed by atoms with E-state index in [1.54, 1.807) is 25.2 Å². The largest absolute Gasteiger partial charge is 0.480 e. The maximum absolute atomic E-state index is 11.5. The summed E-state index contributed by atoms with van der Waals surface area (Å²) >= 11 is 0. The number of carboxylic acid groups (broad SMARTS) is 1. The predicted octanol–water partition coefficient (Wildman–Crippen LogP) is -0.444. The molecular formula is C12H13N3O4. The van der Waals surface area contributed by atoms with Crippen molar-refractivity contribution in [1.29, 1.82) is 0 Å². The minimum Gasteiger partial charge on any atom is -0.480 e. The summed E-state index contributed by atoms with van der Waals surface area (Å²) in [6, 6.07) is 3.32. The molecule has 1 unspecified atom stereocenters. The van der Waals surface area contributed by atoms with Crippen molar-refractivity contribution in [2.24, 2.45) is 5.73 Å². The van der Waals surface area contributed by atoms with Gasteiger partial charge < -0.3 is 21.1 Å². The number of carbonyl (C=O) groups is 3. The minimum atomic E-state index is -1.61. The number of carboxylic acids is 1. The summed E-state index contributed by atoms with van der Waals surface area (Å²) in [5, 5.41) is 11.0. The maximum Gasteiger partial charge on any atom is 0.330 e. The number of nitrogens with one attached hydrogen (secondary N) is 1. The number of fused-ring (bicyclic) bond motifs is 1. The van der Waals surface area contributed by atoms with Crippen LogP contribution in [0.4, 0.5) is 11.4 Å². The van der Waals surface area contributed by atoms with Gasteiger partial charge in [0, 0.05) is 18.4 Å². The Balaban J connectivity index is 2.17. The maximum atomic E-state index is 11.5. The predicted molar refractivity (Wildman–Crippen MR) is 67.8 cm³/mol. The number of hydrogen-bond acceptors (Lipinski definition) is 4. The number of carbonyl (C=O) groups excluding carboxylic acids is 2. The lowest BCUT2D eigenvalue weighted by molar-refractivity contribution is -0.141. The average Bonchev–Trinajstić information content (AvgIpc) is 2.63. The number of nitrogens with zero attached hydrogens (tertiary/aromatic N) is 1. The normalized spacial score (nSPS) is 15.1. The smallest absolute Gasteiger partial charge is 0.330 e. The molecule has 0 aliphatic carbocycles. The molecule has 0 bridgehead atoms. The quantitative estimate of drug-likeness (QED) is 0.640. The van der Waals surface area contributed by atoms with E-state index in [0.29, 0.717) is 5.69 Å². The second-order valence-corrected chi connectivity index (χ2v) is 4.28. The zero-order valence-corrected chi connectivity index (χ0v) is 10.2. The third kappa shape index (κ3) is 2.41. The van der Waals surface area contributed by atoms with Crippen molar-refractivity contribution in [3.05, 3.63) is 23.8 Å². The van der Waals surface area contributed by atoms with E-state index in [1.807, 2.05) is 0 Å². The summed E-state index contributed by atoms with van der Waals surface area (Å²) in [6.45, 7) is 0. The van der Waals surface area contributed by atoms with Crippen molar-refractivity contribution in [3.8, 4) is 0 Å². The zero-order valence-electron chi connectivity index (χ0n) is 10.2. The molecule has 0 saturated carbocycles. The lowest BCUT2D eigenvalue weighted by Crippen LogP contribution is -2.42. The molecule has 0 aromatic heterocycles. The number of benzene rings is 1. The van der Waals surface area contributed by atoms with E-state index in [-0.39, 0.29) is 12.3 Å². The number of rotatable bonds is 3. The topological polar surface area (TPSA) is 113 Å². The first kappa shape index (κ1) is 13.0. The summed E-state index contributed by atoms with van der Waals surface area (Å²) in [5.74, 6) is -2.22. The molecule has 7 nitrogen and oxygen atoms in total. The Kier molecular flexibility index (Phi) is 3.22. The Bertz CT molecular complexity index is 570. The molecule has 100 valence electrons. The third-order valence-corrected chi connectivity index (χ3v) is 2.97. The highest BCUT2D eigenvalue weighted by atomic mass is 16.4. The lowest BCUT2D eigenvalue weighted by Gasteiger charge is -2.12. The molecule has 19 heavy (non-hydrogen) atoms. The fourth-order valence-electron chi connectivity index (χ4n) is 1.88. The first-order valence-electron chi connectivity index (χ1n) is 5.59. The van der Waals surface area contributed by atoms with Crippen molar-refractivity contribution in [2.75, 3.05) is 17.3 Å². The van der Waals surface area contributed by atoms with Gasteiger partial charge in [0.2, 0.25) is 5.91 Å². The van der Waals surface area contributed by atoms with Crippen LogP contribution in [0.3, 0.4) is 0 Å². The van der Waals surface area contributed by atoms with Gasteiger partial charge >= 0.3 is 5.97 Å². The molecule has 2 rings (SSSR count). The van der Waals surface area contributed by atoms with Crippen LogP contribution in [0, 0.1) is 0 Å². The van der Waals surface area contributed by atoms with Crippen molar-refractivity contribution in [3.63, 3.8) is 0 Å².